The fourth-order valence-electron chi connectivity index (χ4n) is 1.91. The van der Waals surface area contributed by atoms with Gasteiger partial charge in [-0.05, 0) is 32.9 Å². The van der Waals surface area contributed by atoms with Gasteiger partial charge in [-0.2, -0.15) is 0 Å². The third kappa shape index (κ3) is 1.74. The maximum absolute atomic E-state index is 5.93. The maximum Gasteiger partial charge on any atom is 0.125 e. The zero-order valence-electron chi connectivity index (χ0n) is 9.29. The smallest absolute Gasteiger partial charge is 0.125 e. The number of imidazole rings is 1. The number of para-hydroxylation sites is 2. The molecule has 0 saturated heterocycles. The van der Waals surface area contributed by atoms with Gasteiger partial charge in [0.1, 0.15) is 5.82 Å². The molecule has 2 nitrogen and oxygen atoms in total. The van der Waals surface area contributed by atoms with E-state index in [1.54, 1.807) is 0 Å². The fourth-order valence-corrected chi connectivity index (χ4v) is 2.09. The highest BCUT2D eigenvalue weighted by Gasteiger charge is 2.20. The summed E-state index contributed by atoms with van der Waals surface area (Å²) >= 11 is 5.93. The highest BCUT2D eigenvalue weighted by molar-refractivity contribution is 6.16. The Bertz CT molecular complexity index is 480. The highest BCUT2D eigenvalue weighted by atomic mass is 35.5. The van der Waals surface area contributed by atoms with E-state index in [4.69, 9.17) is 11.6 Å². The summed E-state index contributed by atoms with van der Waals surface area (Å²) in [5.41, 5.74) is 2.18. The maximum atomic E-state index is 5.93. The van der Waals surface area contributed by atoms with Crippen LogP contribution in [-0.2, 0) is 11.4 Å². The fraction of sp³-hybridized carbons (Fsp3) is 0.417. The van der Waals surface area contributed by atoms with Crippen molar-refractivity contribution in [2.45, 2.75) is 32.2 Å². The molecular formula is C12H15ClN2. The van der Waals surface area contributed by atoms with Crippen molar-refractivity contribution in [3.63, 3.8) is 0 Å². The minimum atomic E-state index is 0.0142. The van der Waals surface area contributed by atoms with Gasteiger partial charge in [0.15, 0.2) is 0 Å². The van der Waals surface area contributed by atoms with E-state index in [1.807, 2.05) is 18.2 Å². The van der Waals surface area contributed by atoms with E-state index in [1.165, 1.54) is 0 Å². The number of hydrogen-bond donors (Lipinski definition) is 0. The van der Waals surface area contributed by atoms with Crippen LogP contribution in [0.2, 0.25) is 0 Å². The predicted octanol–water partition coefficient (Wildman–Crippen LogP) is 3.53. The molecule has 3 heteroatoms. The Kier molecular flexibility index (Phi) is 2.47. The molecule has 0 radical (unpaired) electrons. The molecule has 0 unspecified atom stereocenters. The van der Waals surface area contributed by atoms with E-state index in [-0.39, 0.29) is 5.54 Å². The van der Waals surface area contributed by atoms with Gasteiger partial charge in [-0.25, -0.2) is 4.98 Å². The van der Waals surface area contributed by atoms with E-state index in [0.717, 1.165) is 16.9 Å². The van der Waals surface area contributed by atoms with Crippen molar-refractivity contribution in [1.82, 2.24) is 9.55 Å². The second-order valence-corrected chi connectivity index (χ2v) is 4.92. The summed E-state index contributed by atoms with van der Waals surface area (Å²) in [6.45, 7) is 6.49. The van der Waals surface area contributed by atoms with Crippen molar-refractivity contribution < 1.29 is 0 Å². The lowest BCUT2D eigenvalue weighted by atomic mass is 10.1. The molecule has 0 atom stereocenters. The number of benzene rings is 1. The van der Waals surface area contributed by atoms with Gasteiger partial charge >= 0.3 is 0 Å². The van der Waals surface area contributed by atoms with E-state index < -0.39 is 0 Å². The Labute approximate surface area is 94.9 Å². The molecule has 80 valence electrons. The first-order chi connectivity index (χ1) is 7.04. The SMILES string of the molecule is CC(C)(C)n1c(CCl)nc2ccccc21. The summed E-state index contributed by atoms with van der Waals surface area (Å²) in [6, 6.07) is 8.14. The molecule has 0 amide bonds. The van der Waals surface area contributed by atoms with Gasteiger partial charge in [-0.1, -0.05) is 12.1 Å². The summed E-state index contributed by atoms with van der Waals surface area (Å²) in [5, 5.41) is 0. The standard InChI is InChI=1S/C12H15ClN2/c1-12(2,3)15-10-7-5-4-6-9(10)14-11(15)8-13/h4-7H,8H2,1-3H3. The topological polar surface area (TPSA) is 17.8 Å². The average Bonchev–Trinajstić information content (AvgIpc) is 2.54. The average molecular weight is 223 g/mol. The van der Waals surface area contributed by atoms with Gasteiger partial charge in [0, 0.05) is 5.54 Å². The molecule has 0 bridgehead atoms. The zero-order valence-corrected chi connectivity index (χ0v) is 10.0. The van der Waals surface area contributed by atoms with Gasteiger partial charge in [-0.15, -0.1) is 11.6 Å². The first kappa shape index (κ1) is 10.5. The second kappa shape index (κ2) is 3.53. The van der Waals surface area contributed by atoms with Crippen molar-refractivity contribution >= 4 is 22.6 Å². The van der Waals surface area contributed by atoms with Crippen molar-refractivity contribution in [3.8, 4) is 0 Å². The quantitative estimate of drug-likeness (QED) is 0.675. The summed E-state index contributed by atoms with van der Waals surface area (Å²) in [6.07, 6.45) is 0. The van der Waals surface area contributed by atoms with E-state index in [0.29, 0.717) is 5.88 Å². The van der Waals surface area contributed by atoms with Crippen LogP contribution in [-0.4, -0.2) is 9.55 Å². The molecule has 1 aromatic carbocycles. The number of fused-ring (bicyclic) bond motifs is 1. The molecule has 0 fully saturated rings. The largest absolute Gasteiger partial charge is 0.322 e. The van der Waals surface area contributed by atoms with E-state index in [9.17, 15) is 0 Å². The first-order valence-electron chi connectivity index (χ1n) is 5.07. The monoisotopic (exact) mass is 222 g/mol. The molecule has 0 aliphatic carbocycles. The molecule has 0 spiro atoms. The number of aromatic nitrogens is 2. The van der Waals surface area contributed by atoms with Gasteiger partial charge in [-0.3, -0.25) is 0 Å². The Morgan fingerprint density at radius 3 is 2.53 bits per heavy atom. The van der Waals surface area contributed by atoms with E-state index >= 15 is 0 Å². The van der Waals surface area contributed by atoms with Crippen LogP contribution >= 0.6 is 11.6 Å². The molecule has 0 aliphatic heterocycles. The van der Waals surface area contributed by atoms with Crippen LogP contribution < -0.4 is 0 Å². The first-order valence-corrected chi connectivity index (χ1v) is 5.60. The van der Waals surface area contributed by atoms with Crippen LogP contribution in [0.1, 0.15) is 26.6 Å². The lowest BCUT2D eigenvalue weighted by Crippen LogP contribution is -2.23. The Morgan fingerprint density at radius 1 is 1.27 bits per heavy atom. The molecule has 2 aromatic rings. The third-order valence-corrected chi connectivity index (χ3v) is 2.66. The lowest BCUT2D eigenvalue weighted by molar-refractivity contribution is 0.398. The van der Waals surface area contributed by atoms with Crippen LogP contribution in [0.3, 0.4) is 0 Å². The van der Waals surface area contributed by atoms with Crippen LogP contribution in [0.5, 0.6) is 0 Å². The molecule has 1 aromatic heterocycles. The molecule has 1 heterocycles. The second-order valence-electron chi connectivity index (χ2n) is 4.66. The Balaban J connectivity index is 2.79. The van der Waals surface area contributed by atoms with Crippen molar-refractivity contribution in [3.05, 3.63) is 30.1 Å². The van der Waals surface area contributed by atoms with Crippen molar-refractivity contribution in [2.24, 2.45) is 0 Å². The summed E-state index contributed by atoms with van der Waals surface area (Å²) in [5.74, 6) is 1.39. The number of rotatable bonds is 1. The Morgan fingerprint density at radius 2 is 1.93 bits per heavy atom. The molecular weight excluding hydrogens is 208 g/mol. The number of hydrogen-bond acceptors (Lipinski definition) is 1. The van der Waals surface area contributed by atoms with Crippen molar-refractivity contribution in [1.29, 1.82) is 0 Å². The number of nitrogens with zero attached hydrogens (tertiary/aromatic N) is 2. The highest BCUT2D eigenvalue weighted by Crippen LogP contribution is 2.25. The summed E-state index contributed by atoms with van der Waals surface area (Å²) < 4.78 is 2.20. The predicted molar refractivity (Wildman–Crippen MR) is 64.3 cm³/mol. The molecule has 0 saturated carbocycles. The lowest BCUT2D eigenvalue weighted by Gasteiger charge is -2.24. The van der Waals surface area contributed by atoms with Gasteiger partial charge in [0.2, 0.25) is 0 Å². The number of alkyl halides is 1. The Hall–Kier alpha value is -1.02. The normalized spacial score (nSPS) is 12.3. The van der Waals surface area contributed by atoms with Gasteiger partial charge in [0.05, 0.1) is 16.9 Å². The summed E-state index contributed by atoms with van der Waals surface area (Å²) in [4.78, 5) is 4.53. The van der Waals surface area contributed by atoms with Crippen LogP contribution in [0.25, 0.3) is 11.0 Å². The molecule has 0 aliphatic rings. The van der Waals surface area contributed by atoms with Crippen molar-refractivity contribution in [2.75, 3.05) is 0 Å². The molecule has 15 heavy (non-hydrogen) atoms. The minimum absolute atomic E-state index is 0.0142. The van der Waals surface area contributed by atoms with E-state index in [2.05, 4.69) is 36.4 Å². The van der Waals surface area contributed by atoms with Crippen LogP contribution in [0.15, 0.2) is 24.3 Å². The molecule has 0 N–H and O–H groups in total. The third-order valence-electron chi connectivity index (χ3n) is 2.42. The zero-order chi connectivity index (χ0) is 11.1. The number of halogens is 1. The summed E-state index contributed by atoms with van der Waals surface area (Å²) in [7, 11) is 0. The minimum Gasteiger partial charge on any atom is -0.322 e. The molecule has 2 rings (SSSR count). The van der Waals surface area contributed by atoms with Crippen LogP contribution in [0.4, 0.5) is 0 Å². The van der Waals surface area contributed by atoms with Crippen LogP contribution in [0, 0.1) is 0 Å². The van der Waals surface area contributed by atoms with Gasteiger partial charge in [0.25, 0.3) is 0 Å². The van der Waals surface area contributed by atoms with Gasteiger partial charge < -0.3 is 4.57 Å².